The number of fused-ring (bicyclic) bond motifs is 1. The second kappa shape index (κ2) is 2.95. The summed E-state index contributed by atoms with van der Waals surface area (Å²) in [6, 6.07) is 6.18. The molecule has 12 heavy (non-hydrogen) atoms. The molecule has 3 nitrogen and oxygen atoms in total. The molecule has 0 bridgehead atoms. The fourth-order valence-corrected chi connectivity index (χ4v) is 1.29. The van der Waals surface area contributed by atoms with Crippen LogP contribution in [0.15, 0.2) is 24.4 Å². The van der Waals surface area contributed by atoms with Gasteiger partial charge in [-0.3, -0.25) is 0 Å². The number of pyridine rings is 1. The number of hydrogen-bond acceptors (Lipinski definition) is 2. The SMILES string of the molecule is Cc1cc2cccnc2n1C.N. The lowest BCUT2D eigenvalue weighted by molar-refractivity contribution is 0.902. The Balaban J connectivity index is 0.000000720. The normalized spacial score (nSPS) is 9.83. The van der Waals surface area contributed by atoms with E-state index >= 15 is 0 Å². The zero-order chi connectivity index (χ0) is 7.84. The topological polar surface area (TPSA) is 52.8 Å². The van der Waals surface area contributed by atoms with Crippen molar-refractivity contribution in [3.05, 3.63) is 30.1 Å². The molecule has 2 aromatic heterocycles. The Bertz CT molecular complexity index is 390. The molecule has 0 aliphatic heterocycles. The molecule has 2 aromatic rings. The van der Waals surface area contributed by atoms with Gasteiger partial charge in [0.2, 0.25) is 0 Å². The smallest absolute Gasteiger partial charge is 0.139 e. The van der Waals surface area contributed by atoms with Gasteiger partial charge in [-0.15, -0.1) is 0 Å². The average Bonchev–Trinajstić information content (AvgIpc) is 2.30. The minimum absolute atomic E-state index is 0. The van der Waals surface area contributed by atoms with Crippen molar-refractivity contribution in [3.63, 3.8) is 0 Å². The first-order valence-corrected chi connectivity index (χ1v) is 3.66. The quantitative estimate of drug-likeness (QED) is 0.646. The third kappa shape index (κ3) is 1.08. The van der Waals surface area contributed by atoms with Crippen molar-refractivity contribution >= 4 is 11.0 Å². The molecule has 2 rings (SSSR count). The maximum absolute atomic E-state index is 4.26. The number of rotatable bonds is 0. The van der Waals surface area contributed by atoms with Crippen LogP contribution >= 0.6 is 0 Å². The summed E-state index contributed by atoms with van der Waals surface area (Å²) in [5.41, 5.74) is 2.31. The predicted octanol–water partition coefficient (Wildman–Crippen LogP) is 2.04. The minimum Gasteiger partial charge on any atom is -0.344 e. The summed E-state index contributed by atoms with van der Waals surface area (Å²) in [5, 5.41) is 1.22. The van der Waals surface area contributed by atoms with Crippen LogP contribution in [-0.4, -0.2) is 9.55 Å². The van der Waals surface area contributed by atoms with Gasteiger partial charge in [-0.25, -0.2) is 4.98 Å². The summed E-state index contributed by atoms with van der Waals surface area (Å²) in [6.07, 6.45) is 1.82. The molecule has 0 unspecified atom stereocenters. The maximum atomic E-state index is 4.26. The van der Waals surface area contributed by atoms with Crippen LogP contribution in [-0.2, 0) is 7.05 Å². The number of nitrogens with zero attached hydrogens (tertiary/aromatic N) is 2. The Kier molecular flexibility index (Phi) is 2.15. The molecule has 0 aliphatic carbocycles. The third-order valence-corrected chi connectivity index (χ3v) is 2.03. The number of hydrogen-bond donors (Lipinski definition) is 1. The molecule has 0 saturated heterocycles. The molecule has 0 fully saturated rings. The van der Waals surface area contributed by atoms with E-state index in [2.05, 4.69) is 28.6 Å². The summed E-state index contributed by atoms with van der Waals surface area (Å²) in [7, 11) is 2.03. The van der Waals surface area contributed by atoms with Gasteiger partial charge in [0.1, 0.15) is 5.65 Å². The summed E-state index contributed by atoms with van der Waals surface area (Å²) in [6.45, 7) is 2.08. The Morgan fingerprint density at radius 2 is 2.17 bits per heavy atom. The van der Waals surface area contributed by atoms with E-state index in [4.69, 9.17) is 0 Å². The minimum atomic E-state index is 0. The molecule has 0 atom stereocenters. The first-order chi connectivity index (χ1) is 5.29. The van der Waals surface area contributed by atoms with Crippen molar-refractivity contribution in [1.82, 2.24) is 15.7 Å². The Hall–Kier alpha value is -1.35. The van der Waals surface area contributed by atoms with Crippen LogP contribution in [0.5, 0.6) is 0 Å². The van der Waals surface area contributed by atoms with Gasteiger partial charge in [-0.2, -0.15) is 0 Å². The lowest BCUT2D eigenvalue weighted by atomic mass is 10.3. The molecular formula is C9H13N3. The molecule has 0 spiro atoms. The molecule has 0 saturated carbocycles. The molecule has 0 amide bonds. The zero-order valence-electron chi connectivity index (χ0n) is 7.41. The number of aryl methyl sites for hydroxylation is 2. The van der Waals surface area contributed by atoms with E-state index in [0.717, 1.165) is 5.65 Å². The molecule has 3 heteroatoms. The van der Waals surface area contributed by atoms with Crippen molar-refractivity contribution < 1.29 is 0 Å². The van der Waals surface area contributed by atoms with Crippen molar-refractivity contribution in [2.75, 3.05) is 0 Å². The maximum Gasteiger partial charge on any atom is 0.139 e. The first-order valence-electron chi connectivity index (χ1n) is 3.66. The number of aromatic nitrogens is 2. The van der Waals surface area contributed by atoms with E-state index in [9.17, 15) is 0 Å². The second-order valence-electron chi connectivity index (χ2n) is 2.76. The van der Waals surface area contributed by atoms with Crippen molar-refractivity contribution in [3.8, 4) is 0 Å². The average molecular weight is 163 g/mol. The van der Waals surface area contributed by atoms with Gasteiger partial charge in [0, 0.05) is 24.3 Å². The van der Waals surface area contributed by atoms with E-state index in [1.807, 2.05) is 19.3 Å². The van der Waals surface area contributed by atoms with Gasteiger partial charge in [0.15, 0.2) is 0 Å². The van der Waals surface area contributed by atoms with Gasteiger partial charge < -0.3 is 10.7 Å². The fraction of sp³-hybridized carbons (Fsp3) is 0.222. The molecule has 0 aromatic carbocycles. The molecule has 3 N–H and O–H groups in total. The van der Waals surface area contributed by atoms with Crippen molar-refractivity contribution in [2.45, 2.75) is 6.92 Å². The van der Waals surface area contributed by atoms with E-state index in [0.29, 0.717) is 0 Å². The first kappa shape index (κ1) is 8.74. The van der Waals surface area contributed by atoms with Gasteiger partial charge in [0.05, 0.1) is 0 Å². The lowest BCUT2D eigenvalue weighted by Gasteiger charge is -1.95. The van der Waals surface area contributed by atoms with E-state index in [1.54, 1.807) is 0 Å². The highest BCUT2D eigenvalue weighted by molar-refractivity contribution is 5.76. The predicted molar refractivity (Wildman–Crippen MR) is 50.5 cm³/mol. The van der Waals surface area contributed by atoms with E-state index in [-0.39, 0.29) is 6.15 Å². The van der Waals surface area contributed by atoms with Crippen molar-refractivity contribution in [2.24, 2.45) is 7.05 Å². The highest BCUT2D eigenvalue weighted by Crippen LogP contribution is 2.14. The van der Waals surface area contributed by atoms with Gasteiger partial charge in [0.25, 0.3) is 0 Å². The van der Waals surface area contributed by atoms with Gasteiger partial charge in [-0.05, 0) is 25.1 Å². The standard InChI is InChI=1S/C9H10N2.H3N/c1-7-6-8-4-3-5-10-9(8)11(7)2;/h3-6H,1-2H3;1H3. The van der Waals surface area contributed by atoms with E-state index in [1.165, 1.54) is 11.1 Å². The Morgan fingerprint density at radius 1 is 1.42 bits per heavy atom. The molecular weight excluding hydrogens is 150 g/mol. The summed E-state index contributed by atoms with van der Waals surface area (Å²) in [4.78, 5) is 4.26. The highest BCUT2D eigenvalue weighted by atomic mass is 15.0. The second-order valence-corrected chi connectivity index (χ2v) is 2.76. The molecule has 0 aliphatic rings. The summed E-state index contributed by atoms with van der Waals surface area (Å²) < 4.78 is 2.09. The zero-order valence-corrected chi connectivity index (χ0v) is 7.41. The van der Waals surface area contributed by atoms with Crippen LogP contribution in [0.2, 0.25) is 0 Å². The van der Waals surface area contributed by atoms with Gasteiger partial charge >= 0.3 is 0 Å². The fourth-order valence-electron chi connectivity index (χ4n) is 1.29. The van der Waals surface area contributed by atoms with Gasteiger partial charge in [-0.1, -0.05) is 0 Å². The highest BCUT2D eigenvalue weighted by Gasteiger charge is 1.99. The lowest BCUT2D eigenvalue weighted by Crippen LogP contribution is -1.90. The monoisotopic (exact) mass is 163 g/mol. The molecule has 0 radical (unpaired) electrons. The molecule has 2 heterocycles. The van der Waals surface area contributed by atoms with E-state index < -0.39 is 0 Å². The van der Waals surface area contributed by atoms with Crippen LogP contribution in [0.1, 0.15) is 5.69 Å². The van der Waals surface area contributed by atoms with Crippen LogP contribution in [0.4, 0.5) is 0 Å². The van der Waals surface area contributed by atoms with Crippen LogP contribution in [0.3, 0.4) is 0 Å². The van der Waals surface area contributed by atoms with Crippen molar-refractivity contribution in [1.29, 1.82) is 0 Å². The molecule has 64 valence electrons. The van der Waals surface area contributed by atoms with Crippen LogP contribution in [0, 0.1) is 6.92 Å². The summed E-state index contributed by atoms with van der Waals surface area (Å²) >= 11 is 0. The van der Waals surface area contributed by atoms with Crippen LogP contribution < -0.4 is 6.15 Å². The summed E-state index contributed by atoms with van der Waals surface area (Å²) in [5.74, 6) is 0. The Labute approximate surface area is 71.6 Å². The largest absolute Gasteiger partial charge is 0.344 e. The van der Waals surface area contributed by atoms with Crippen LogP contribution in [0.25, 0.3) is 11.0 Å². The Morgan fingerprint density at radius 3 is 2.83 bits per heavy atom. The third-order valence-electron chi connectivity index (χ3n) is 2.03.